The quantitative estimate of drug-likeness (QED) is 0.820. The van der Waals surface area contributed by atoms with Gasteiger partial charge in [0.25, 0.3) is 0 Å². The van der Waals surface area contributed by atoms with Gasteiger partial charge in [-0.3, -0.25) is 4.98 Å². The van der Waals surface area contributed by atoms with Gasteiger partial charge in [0.05, 0.1) is 0 Å². The molecule has 5 nitrogen and oxygen atoms in total. The topological polar surface area (TPSA) is 70.9 Å². The highest BCUT2D eigenvalue weighted by Crippen LogP contribution is 2.07. The van der Waals surface area contributed by atoms with Crippen molar-refractivity contribution in [2.75, 3.05) is 18.5 Å². The second-order valence-electron chi connectivity index (χ2n) is 4.54. The van der Waals surface area contributed by atoms with Crippen molar-refractivity contribution in [2.45, 2.75) is 13.3 Å². The van der Waals surface area contributed by atoms with E-state index < -0.39 is 0 Å². The van der Waals surface area contributed by atoms with Crippen molar-refractivity contribution in [3.8, 4) is 0 Å². The van der Waals surface area contributed by atoms with Crippen LogP contribution >= 0.6 is 0 Å². The largest absolute Gasteiger partial charge is 0.396 e. The van der Waals surface area contributed by atoms with E-state index in [1.54, 1.807) is 18.6 Å². The van der Waals surface area contributed by atoms with Crippen LogP contribution in [-0.2, 0) is 6.42 Å². The average Bonchev–Trinajstić information content (AvgIpc) is 2.46. The molecule has 0 radical (unpaired) electrons. The molecule has 2 heterocycles. The monoisotopic (exact) mass is 258 g/mol. The summed E-state index contributed by atoms with van der Waals surface area (Å²) in [6.07, 6.45) is 6.03. The zero-order valence-electron chi connectivity index (χ0n) is 11.0. The number of aliphatic hydroxyl groups excluding tert-OH is 1. The Hall–Kier alpha value is -2.01. The molecule has 0 saturated carbocycles. The van der Waals surface area contributed by atoms with Crippen molar-refractivity contribution in [3.63, 3.8) is 0 Å². The van der Waals surface area contributed by atoms with Crippen molar-refractivity contribution in [1.29, 1.82) is 0 Å². The maximum absolute atomic E-state index is 9.40. The summed E-state index contributed by atoms with van der Waals surface area (Å²) in [6.45, 7) is 2.67. The first-order valence-corrected chi connectivity index (χ1v) is 6.31. The predicted molar refractivity (Wildman–Crippen MR) is 73.8 cm³/mol. The molecule has 0 aliphatic rings. The van der Waals surface area contributed by atoms with Crippen LogP contribution in [0.2, 0.25) is 0 Å². The Bertz CT molecular complexity index is 487. The van der Waals surface area contributed by atoms with Crippen molar-refractivity contribution in [1.82, 2.24) is 15.0 Å². The molecule has 0 amide bonds. The Labute approximate surface area is 112 Å². The number of rotatable bonds is 6. The van der Waals surface area contributed by atoms with Gasteiger partial charge in [-0.15, -0.1) is 0 Å². The third-order valence-electron chi connectivity index (χ3n) is 2.81. The van der Waals surface area contributed by atoms with Crippen molar-refractivity contribution >= 4 is 5.95 Å². The Morgan fingerprint density at radius 3 is 2.63 bits per heavy atom. The van der Waals surface area contributed by atoms with Gasteiger partial charge in [0.1, 0.15) is 0 Å². The molecule has 100 valence electrons. The van der Waals surface area contributed by atoms with Crippen LogP contribution in [0.3, 0.4) is 0 Å². The van der Waals surface area contributed by atoms with Gasteiger partial charge in [-0.2, -0.15) is 0 Å². The summed E-state index contributed by atoms with van der Waals surface area (Å²) < 4.78 is 0. The molecule has 5 heteroatoms. The van der Waals surface area contributed by atoms with E-state index in [1.165, 1.54) is 0 Å². The molecule has 0 aromatic carbocycles. The van der Waals surface area contributed by atoms with Gasteiger partial charge in [0.2, 0.25) is 5.95 Å². The van der Waals surface area contributed by atoms with Crippen LogP contribution in [0.4, 0.5) is 5.95 Å². The highest BCUT2D eigenvalue weighted by molar-refractivity contribution is 5.24. The fraction of sp³-hybridized carbons (Fsp3) is 0.357. The molecule has 0 aliphatic heterocycles. The van der Waals surface area contributed by atoms with Gasteiger partial charge in [-0.25, -0.2) is 9.97 Å². The number of hydrogen-bond donors (Lipinski definition) is 2. The molecule has 2 aromatic heterocycles. The number of anilines is 1. The number of pyridine rings is 1. The lowest BCUT2D eigenvalue weighted by Gasteiger charge is -2.14. The summed E-state index contributed by atoms with van der Waals surface area (Å²) in [5, 5.41) is 12.5. The summed E-state index contributed by atoms with van der Waals surface area (Å²) in [7, 11) is 0. The highest BCUT2D eigenvalue weighted by atomic mass is 16.3. The molecule has 2 rings (SSSR count). The standard InChI is InChI=1S/C14H18N4O/c1-11-7-16-14(17-8-11)18-9-12(10-19)6-13-4-2-3-5-15-13/h2-5,7-8,12,19H,6,9-10H2,1H3,(H,16,17,18). The zero-order chi connectivity index (χ0) is 13.5. The maximum Gasteiger partial charge on any atom is 0.222 e. The molecule has 19 heavy (non-hydrogen) atoms. The summed E-state index contributed by atoms with van der Waals surface area (Å²) in [6, 6.07) is 5.80. The highest BCUT2D eigenvalue weighted by Gasteiger charge is 2.09. The molecular formula is C14H18N4O. The van der Waals surface area contributed by atoms with E-state index >= 15 is 0 Å². The normalized spacial score (nSPS) is 12.1. The van der Waals surface area contributed by atoms with Gasteiger partial charge in [0.15, 0.2) is 0 Å². The first kappa shape index (κ1) is 13.4. The van der Waals surface area contributed by atoms with Crippen LogP contribution in [0.5, 0.6) is 0 Å². The smallest absolute Gasteiger partial charge is 0.222 e. The number of aromatic nitrogens is 3. The molecular weight excluding hydrogens is 240 g/mol. The summed E-state index contributed by atoms with van der Waals surface area (Å²) in [5.74, 6) is 0.685. The minimum absolute atomic E-state index is 0.0970. The van der Waals surface area contributed by atoms with Gasteiger partial charge in [-0.05, 0) is 31.0 Å². The lowest BCUT2D eigenvalue weighted by Crippen LogP contribution is -2.21. The minimum atomic E-state index is 0.0970. The number of nitrogens with one attached hydrogen (secondary N) is 1. The third-order valence-corrected chi connectivity index (χ3v) is 2.81. The summed E-state index contributed by atoms with van der Waals surface area (Å²) in [5.41, 5.74) is 2.01. The van der Waals surface area contributed by atoms with Crippen LogP contribution in [0, 0.1) is 12.8 Å². The Morgan fingerprint density at radius 1 is 1.21 bits per heavy atom. The van der Waals surface area contributed by atoms with Crippen LogP contribution in [0.1, 0.15) is 11.3 Å². The third kappa shape index (κ3) is 4.30. The predicted octanol–water partition coefficient (Wildman–Crippen LogP) is 1.44. The zero-order valence-corrected chi connectivity index (χ0v) is 11.0. The molecule has 0 bridgehead atoms. The second kappa shape index (κ2) is 6.80. The molecule has 0 spiro atoms. The summed E-state index contributed by atoms with van der Waals surface area (Å²) >= 11 is 0. The van der Waals surface area contributed by atoms with E-state index in [2.05, 4.69) is 20.3 Å². The second-order valence-corrected chi connectivity index (χ2v) is 4.54. The Balaban J connectivity index is 1.87. The molecule has 1 atom stereocenters. The lowest BCUT2D eigenvalue weighted by molar-refractivity contribution is 0.231. The minimum Gasteiger partial charge on any atom is -0.396 e. The number of aryl methyl sites for hydroxylation is 1. The first-order valence-electron chi connectivity index (χ1n) is 6.31. The summed E-state index contributed by atoms with van der Waals surface area (Å²) in [4.78, 5) is 12.6. The van der Waals surface area contributed by atoms with Gasteiger partial charge >= 0.3 is 0 Å². The fourth-order valence-corrected chi connectivity index (χ4v) is 1.74. The molecule has 0 fully saturated rings. The van der Waals surface area contributed by atoms with Crippen molar-refractivity contribution in [2.24, 2.45) is 5.92 Å². The van der Waals surface area contributed by atoms with Gasteiger partial charge in [0, 0.05) is 43.4 Å². The molecule has 0 aliphatic carbocycles. The van der Waals surface area contributed by atoms with Crippen LogP contribution in [0.15, 0.2) is 36.8 Å². The lowest BCUT2D eigenvalue weighted by atomic mass is 10.0. The first-order chi connectivity index (χ1) is 9.28. The maximum atomic E-state index is 9.40. The molecule has 2 aromatic rings. The number of nitrogens with zero attached hydrogens (tertiary/aromatic N) is 3. The van der Waals surface area contributed by atoms with Crippen LogP contribution in [-0.4, -0.2) is 33.2 Å². The van der Waals surface area contributed by atoms with E-state index in [9.17, 15) is 5.11 Å². The van der Waals surface area contributed by atoms with Crippen LogP contribution in [0.25, 0.3) is 0 Å². The average molecular weight is 258 g/mol. The fourth-order valence-electron chi connectivity index (χ4n) is 1.74. The van der Waals surface area contributed by atoms with Crippen molar-refractivity contribution < 1.29 is 5.11 Å². The van der Waals surface area contributed by atoms with E-state index in [1.807, 2.05) is 25.1 Å². The van der Waals surface area contributed by atoms with Crippen molar-refractivity contribution in [3.05, 3.63) is 48.0 Å². The number of aliphatic hydroxyl groups is 1. The van der Waals surface area contributed by atoms with E-state index in [-0.39, 0.29) is 12.5 Å². The van der Waals surface area contributed by atoms with E-state index in [0.29, 0.717) is 12.5 Å². The van der Waals surface area contributed by atoms with E-state index in [4.69, 9.17) is 0 Å². The molecule has 0 saturated heterocycles. The Kier molecular flexibility index (Phi) is 4.80. The molecule has 1 unspecified atom stereocenters. The van der Waals surface area contributed by atoms with E-state index in [0.717, 1.165) is 17.7 Å². The Morgan fingerprint density at radius 2 is 2.00 bits per heavy atom. The molecule has 2 N–H and O–H groups in total. The van der Waals surface area contributed by atoms with Gasteiger partial charge in [-0.1, -0.05) is 6.07 Å². The SMILES string of the molecule is Cc1cnc(NCC(CO)Cc2ccccn2)nc1. The number of hydrogen-bond acceptors (Lipinski definition) is 5. The van der Waals surface area contributed by atoms with Gasteiger partial charge < -0.3 is 10.4 Å². The van der Waals surface area contributed by atoms with Crippen LogP contribution < -0.4 is 5.32 Å².